The van der Waals surface area contributed by atoms with E-state index in [4.69, 9.17) is 4.74 Å². The highest BCUT2D eigenvalue weighted by atomic mass is 32.2. The summed E-state index contributed by atoms with van der Waals surface area (Å²) in [6, 6.07) is 12.5. The number of hydrogen-bond donors (Lipinski definition) is 1. The van der Waals surface area contributed by atoms with Crippen LogP contribution >= 0.6 is 0 Å². The number of nitrogens with zero attached hydrogens (tertiary/aromatic N) is 2. The van der Waals surface area contributed by atoms with Crippen molar-refractivity contribution in [2.24, 2.45) is 0 Å². The first-order valence-electron chi connectivity index (χ1n) is 9.75. The minimum atomic E-state index is -3.48. The van der Waals surface area contributed by atoms with Crippen LogP contribution in [0.4, 0.5) is 4.39 Å². The number of ether oxygens (including phenoxy) is 1. The lowest BCUT2D eigenvalue weighted by Crippen LogP contribution is -2.48. The number of nitrogens with one attached hydrogen (secondary N) is 1. The third-order valence-corrected chi connectivity index (χ3v) is 6.85. The maximum absolute atomic E-state index is 13.2. The number of methoxy groups -OCH3 is 1. The Hall–Kier alpha value is -2.49. The average molecular weight is 436 g/mol. The topological polar surface area (TPSA) is 79.0 Å². The fraction of sp³-hybridized carbons (Fsp3) is 0.381. The maximum atomic E-state index is 13.2. The number of sulfonamides is 1. The molecule has 30 heavy (non-hydrogen) atoms. The van der Waals surface area contributed by atoms with Crippen LogP contribution in [-0.4, -0.2) is 69.1 Å². The Morgan fingerprint density at radius 2 is 1.73 bits per heavy atom. The van der Waals surface area contributed by atoms with Crippen molar-refractivity contribution in [1.29, 1.82) is 0 Å². The third-order valence-electron chi connectivity index (χ3n) is 5.00. The summed E-state index contributed by atoms with van der Waals surface area (Å²) in [6.07, 6.45) is 0. The average Bonchev–Trinajstić information content (AvgIpc) is 2.78. The minimum absolute atomic E-state index is 0.0362. The van der Waals surface area contributed by atoms with E-state index < -0.39 is 10.0 Å². The highest BCUT2D eigenvalue weighted by Gasteiger charge is 2.26. The molecule has 1 aliphatic rings. The van der Waals surface area contributed by atoms with Gasteiger partial charge >= 0.3 is 0 Å². The van der Waals surface area contributed by atoms with Crippen molar-refractivity contribution in [2.75, 3.05) is 45.6 Å². The van der Waals surface area contributed by atoms with Gasteiger partial charge < -0.3 is 15.0 Å². The van der Waals surface area contributed by atoms with Crippen molar-refractivity contribution in [3.8, 4) is 5.75 Å². The highest BCUT2D eigenvalue weighted by Crippen LogP contribution is 2.16. The van der Waals surface area contributed by atoms with Crippen LogP contribution in [0.2, 0.25) is 0 Å². The molecule has 2 aromatic carbocycles. The molecule has 1 fully saturated rings. The molecule has 1 amide bonds. The van der Waals surface area contributed by atoms with Crippen LogP contribution in [0.1, 0.15) is 15.9 Å². The van der Waals surface area contributed by atoms with E-state index in [0.29, 0.717) is 37.5 Å². The number of carbonyl (C=O) groups excluding carboxylic acids is 1. The molecule has 7 nitrogen and oxygen atoms in total. The van der Waals surface area contributed by atoms with Crippen LogP contribution in [0.5, 0.6) is 5.75 Å². The molecule has 1 aliphatic heterocycles. The molecule has 0 bridgehead atoms. The van der Waals surface area contributed by atoms with Gasteiger partial charge in [-0.25, -0.2) is 12.8 Å². The summed E-state index contributed by atoms with van der Waals surface area (Å²) in [5.74, 6) is -0.209. The molecule has 0 aliphatic carbocycles. The van der Waals surface area contributed by atoms with E-state index in [1.54, 1.807) is 43.5 Å². The molecule has 0 atom stereocenters. The summed E-state index contributed by atoms with van der Waals surface area (Å²) in [5, 5.41) is 3.13. The largest absolute Gasteiger partial charge is 0.497 e. The molecule has 9 heteroatoms. The molecule has 1 N–H and O–H groups in total. The summed E-state index contributed by atoms with van der Waals surface area (Å²) >= 11 is 0. The first-order valence-corrected chi connectivity index (χ1v) is 11.4. The SMILES string of the molecule is COc1ccc(C(=O)N(CCS(=O)(=O)N2CCNCC2)Cc2ccc(F)cc2)cc1. The van der Waals surface area contributed by atoms with Gasteiger partial charge in [-0.3, -0.25) is 4.79 Å². The first kappa shape index (κ1) is 22.2. The van der Waals surface area contributed by atoms with Crippen LogP contribution in [0.15, 0.2) is 48.5 Å². The summed E-state index contributed by atoms with van der Waals surface area (Å²) in [5.41, 5.74) is 1.15. The number of piperazine rings is 1. The van der Waals surface area contributed by atoms with E-state index in [-0.39, 0.29) is 30.6 Å². The van der Waals surface area contributed by atoms with Gasteiger partial charge in [0.2, 0.25) is 10.0 Å². The van der Waals surface area contributed by atoms with E-state index in [9.17, 15) is 17.6 Å². The lowest BCUT2D eigenvalue weighted by molar-refractivity contribution is 0.0753. The smallest absolute Gasteiger partial charge is 0.254 e. The molecule has 0 radical (unpaired) electrons. The standard InChI is InChI=1S/C21H26FN3O4S/c1-29-20-8-4-18(5-9-20)21(26)24(16-17-2-6-19(22)7-3-17)14-15-30(27,28)25-12-10-23-11-13-25/h2-9,23H,10-16H2,1H3. The van der Waals surface area contributed by atoms with Crippen molar-refractivity contribution in [1.82, 2.24) is 14.5 Å². The zero-order chi connectivity index (χ0) is 21.6. The molecule has 2 aromatic rings. The molecule has 0 unspecified atom stereocenters. The fourth-order valence-corrected chi connectivity index (χ4v) is 4.70. The van der Waals surface area contributed by atoms with E-state index in [1.807, 2.05) is 0 Å². The number of benzene rings is 2. The predicted molar refractivity (Wildman–Crippen MR) is 112 cm³/mol. The first-order chi connectivity index (χ1) is 14.4. The van der Waals surface area contributed by atoms with Crippen molar-refractivity contribution < 1.29 is 22.3 Å². The van der Waals surface area contributed by atoms with Crippen molar-refractivity contribution in [2.45, 2.75) is 6.54 Å². The summed E-state index contributed by atoms with van der Waals surface area (Å²) < 4.78 is 45.3. The molecular formula is C21H26FN3O4S. The molecule has 0 saturated carbocycles. The van der Waals surface area contributed by atoms with Gasteiger partial charge in [0.15, 0.2) is 0 Å². The minimum Gasteiger partial charge on any atom is -0.497 e. The molecule has 1 heterocycles. The second-order valence-corrected chi connectivity index (χ2v) is 9.14. The number of hydrogen-bond acceptors (Lipinski definition) is 5. The Labute approximate surface area is 176 Å². The Kier molecular flexibility index (Phi) is 7.41. The van der Waals surface area contributed by atoms with Crippen LogP contribution in [0.25, 0.3) is 0 Å². The molecule has 162 valence electrons. The zero-order valence-corrected chi connectivity index (χ0v) is 17.7. The molecule has 1 saturated heterocycles. The van der Waals surface area contributed by atoms with Gasteiger partial charge in [-0.2, -0.15) is 4.31 Å². The van der Waals surface area contributed by atoms with Gasteiger partial charge in [-0.05, 0) is 42.0 Å². The van der Waals surface area contributed by atoms with Gasteiger partial charge in [0.1, 0.15) is 11.6 Å². The lowest BCUT2D eigenvalue weighted by atomic mass is 10.1. The quantitative estimate of drug-likeness (QED) is 0.683. The van der Waals surface area contributed by atoms with E-state index in [0.717, 1.165) is 5.56 Å². The Balaban J connectivity index is 1.77. The van der Waals surface area contributed by atoms with Gasteiger partial charge in [0.05, 0.1) is 12.9 Å². The van der Waals surface area contributed by atoms with Crippen molar-refractivity contribution >= 4 is 15.9 Å². The Morgan fingerprint density at radius 1 is 1.10 bits per heavy atom. The van der Waals surface area contributed by atoms with Crippen LogP contribution in [0, 0.1) is 5.82 Å². The second-order valence-electron chi connectivity index (χ2n) is 7.05. The molecule has 0 spiro atoms. The summed E-state index contributed by atoms with van der Waals surface area (Å²) in [7, 11) is -1.94. The second kappa shape index (κ2) is 10.0. The predicted octanol–water partition coefficient (Wildman–Crippen LogP) is 1.71. The maximum Gasteiger partial charge on any atom is 0.254 e. The van der Waals surface area contributed by atoms with Gasteiger partial charge in [0, 0.05) is 44.8 Å². The monoisotopic (exact) mass is 435 g/mol. The number of rotatable bonds is 8. The van der Waals surface area contributed by atoms with Crippen LogP contribution in [-0.2, 0) is 16.6 Å². The highest BCUT2D eigenvalue weighted by molar-refractivity contribution is 7.89. The van der Waals surface area contributed by atoms with Crippen LogP contribution in [0.3, 0.4) is 0 Å². The van der Waals surface area contributed by atoms with Gasteiger partial charge in [0.25, 0.3) is 5.91 Å². The van der Waals surface area contributed by atoms with E-state index >= 15 is 0 Å². The Morgan fingerprint density at radius 3 is 2.33 bits per heavy atom. The zero-order valence-electron chi connectivity index (χ0n) is 16.9. The summed E-state index contributed by atoms with van der Waals surface area (Å²) in [6.45, 7) is 2.29. The third kappa shape index (κ3) is 5.78. The van der Waals surface area contributed by atoms with Gasteiger partial charge in [-0.1, -0.05) is 12.1 Å². The number of amides is 1. The molecule has 0 aromatic heterocycles. The van der Waals surface area contributed by atoms with Gasteiger partial charge in [-0.15, -0.1) is 0 Å². The van der Waals surface area contributed by atoms with Crippen LogP contribution < -0.4 is 10.1 Å². The normalized spacial score (nSPS) is 15.0. The lowest BCUT2D eigenvalue weighted by Gasteiger charge is -2.28. The van der Waals surface area contributed by atoms with Crippen molar-refractivity contribution in [3.05, 3.63) is 65.5 Å². The Bertz CT molecular complexity index is 943. The molecular weight excluding hydrogens is 409 g/mol. The molecule has 3 rings (SSSR count). The van der Waals surface area contributed by atoms with E-state index in [2.05, 4.69) is 5.32 Å². The summed E-state index contributed by atoms with van der Waals surface area (Å²) in [4.78, 5) is 14.6. The number of carbonyl (C=O) groups is 1. The van der Waals surface area contributed by atoms with Crippen molar-refractivity contribution in [3.63, 3.8) is 0 Å². The number of halogens is 1. The van der Waals surface area contributed by atoms with E-state index in [1.165, 1.54) is 21.3 Å². The fourth-order valence-electron chi connectivity index (χ4n) is 3.26.